The summed E-state index contributed by atoms with van der Waals surface area (Å²) in [5.41, 5.74) is 3.96. The van der Waals surface area contributed by atoms with Crippen LogP contribution in [0.25, 0.3) is 11.1 Å². The van der Waals surface area contributed by atoms with Crippen LogP contribution < -0.4 is 0 Å². The van der Waals surface area contributed by atoms with Crippen molar-refractivity contribution in [2.75, 3.05) is 7.11 Å². The van der Waals surface area contributed by atoms with Crippen LogP contribution in [0.5, 0.6) is 0 Å². The van der Waals surface area contributed by atoms with Crippen LogP contribution in [0.15, 0.2) is 36.4 Å². The predicted molar refractivity (Wildman–Crippen MR) is 72.6 cm³/mol. The summed E-state index contributed by atoms with van der Waals surface area (Å²) >= 11 is 0. The van der Waals surface area contributed by atoms with Crippen molar-refractivity contribution in [3.05, 3.63) is 58.9 Å². The number of rotatable bonds is 2. The number of hydrogen-bond acceptors (Lipinski definition) is 2. The highest BCUT2D eigenvalue weighted by molar-refractivity contribution is 5.90. The van der Waals surface area contributed by atoms with Gasteiger partial charge in [0.05, 0.1) is 12.7 Å². The molecular formula is C16H15FO2. The third-order valence-corrected chi connectivity index (χ3v) is 3.21. The fraction of sp³-hybridized carbons (Fsp3) is 0.188. The Labute approximate surface area is 111 Å². The first-order valence-corrected chi connectivity index (χ1v) is 5.98. The van der Waals surface area contributed by atoms with E-state index in [0.29, 0.717) is 0 Å². The molecule has 0 fully saturated rings. The number of esters is 1. The topological polar surface area (TPSA) is 26.3 Å². The molecule has 0 saturated carbocycles. The Kier molecular flexibility index (Phi) is 3.65. The molecule has 0 amide bonds. The molecule has 0 atom stereocenters. The predicted octanol–water partition coefficient (Wildman–Crippen LogP) is 3.90. The van der Waals surface area contributed by atoms with Gasteiger partial charge in [-0.1, -0.05) is 24.3 Å². The lowest BCUT2D eigenvalue weighted by Gasteiger charge is -2.07. The first-order valence-electron chi connectivity index (χ1n) is 5.98. The van der Waals surface area contributed by atoms with Gasteiger partial charge in [0.15, 0.2) is 0 Å². The van der Waals surface area contributed by atoms with E-state index in [9.17, 15) is 9.18 Å². The fourth-order valence-corrected chi connectivity index (χ4v) is 1.89. The SMILES string of the molecule is COC(=O)c1ccc(-c2ccc(C)c(C)c2)cc1F. The number of aryl methyl sites for hydroxylation is 2. The van der Waals surface area contributed by atoms with Crippen molar-refractivity contribution in [2.45, 2.75) is 13.8 Å². The van der Waals surface area contributed by atoms with Gasteiger partial charge in [0.1, 0.15) is 5.82 Å². The Hall–Kier alpha value is -2.16. The molecule has 19 heavy (non-hydrogen) atoms. The second-order valence-corrected chi connectivity index (χ2v) is 4.49. The van der Waals surface area contributed by atoms with Crippen LogP contribution in [0.2, 0.25) is 0 Å². The molecule has 0 aliphatic rings. The highest BCUT2D eigenvalue weighted by atomic mass is 19.1. The van der Waals surface area contributed by atoms with Gasteiger partial charge in [-0.2, -0.15) is 0 Å². The summed E-state index contributed by atoms with van der Waals surface area (Å²) in [5.74, 6) is -1.23. The normalized spacial score (nSPS) is 10.3. The molecule has 0 spiro atoms. The molecule has 2 aromatic carbocycles. The molecule has 0 heterocycles. The van der Waals surface area contributed by atoms with Gasteiger partial charge >= 0.3 is 5.97 Å². The molecule has 2 rings (SSSR count). The lowest BCUT2D eigenvalue weighted by molar-refractivity contribution is 0.0595. The standard InChI is InChI=1S/C16H15FO2/c1-10-4-5-12(8-11(10)2)13-6-7-14(15(17)9-13)16(18)19-3/h4-9H,1-3H3. The summed E-state index contributed by atoms with van der Waals surface area (Å²) < 4.78 is 18.4. The quantitative estimate of drug-likeness (QED) is 0.764. The maximum absolute atomic E-state index is 13.9. The molecule has 0 aromatic heterocycles. The molecule has 3 heteroatoms. The van der Waals surface area contributed by atoms with Crippen LogP contribution in [0.4, 0.5) is 4.39 Å². The third kappa shape index (κ3) is 2.65. The Morgan fingerprint density at radius 1 is 1.00 bits per heavy atom. The maximum Gasteiger partial charge on any atom is 0.340 e. The van der Waals surface area contributed by atoms with Crippen molar-refractivity contribution in [2.24, 2.45) is 0 Å². The average molecular weight is 258 g/mol. The van der Waals surface area contributed by atoms with E-state index in [0.717, 1.165) is 16.7 Å². The summed E-state index contributed by atoms with van der Waals surface area (Å²) in [4.78, 5) is 11.3. The molecular weight excluding hydrogens is 243 g/mol. The summed E-state index contributed by atoms with van der Waals surface area (Å²) in [6.07, 6.45) is 0. The second kappa shape index (κ2) is 5.22. The highest BCUT2D eigenvalue weighted by Crippen LogP contribution is 2.24. The fourth-order valence-electron chi connectivity index (χ4n) is 1.89. The van der Waals surface area contributed by atoms with Gasteiger partial charge in [0.2, 0.25) is 0 Å². The van der Waals surface area contributed by atoms with Gasteiger partial charge in [0, 0.05) is 0 Å². The van der Waals surface area contributed by atoms with Crippen molar-refractivity contribution in [1.29, 1.82) is 0 Å². The largest absolute Gasteiger partial charge is 0.465 e. The minimum atomic E-state index is -0.663. The van der Waals surface area contributed by atoms with E-state index in [1.54, 1.807) is 6.07 Å². The van der Waals surface area contributed by atoms with E-state index in [4.69, 9.17) is 0 Å². The molecule has 0 aliphatic carbocycles. The van der Waals surface area contributed by atoms with E-state index in [1.165, 1.54) is 24.8 Å². The minimum Gasteiger partial charge on any atom is -0.465 e. The van der Waals surface area contributed by atoms with Crippen LogP contribution >= 0.6 is 0 Å². The molecule has 98 valence electrons. The van der Waals surface area contributed by atoms with Crippen molar-refractivity contribution in [3.8, 4) is 11.1 Å². The van der Waals surface area contributed by atoms with Crippen LogP contribution in [-0.2, 0) is 4.74 Å². The van der Waals surface area contributed by atoms with Gasteiger partial charge < -0.3 is 4.74 Å². The number of hydrogen-bond donors (Lipinski definition) is 0. The summed E-state index contributed by atoms with van der Waals surface area (Å²) in [5, 5.41) is 0. The third-order valence-electron chi connectivity index (χ3n) is 3.21. The van der Waals surface area contributed by atoms with Gasteiger partial charge in [-0.3, -0.25) is 0 Å². The van der Waals surface area contributed by atoms with Crippen LogP contribution in [0.3, 0.4) is 0 Å². The van der Waals surface area contributed by atoms with E-state index in [-0.39, 0.29) is 5.56 Å². The first-order chi connectivity index (χ1) is 9.02. The number of carbonyl (C=O) groups is 1. The van der Waals surface area contributed by atoms with Crippen molar-refractivity contribution in [3.63, 3.8) is 0 Å². The smallest absolute Gasteiger partial charge is 0.340 e. The monoisotopic (exact) mass is 258 g/mol. The average Bonchev–Trinajstić information content (AvgIpc) is 2.41. The van der Waals surface area contributed by atoms with Crippen LogP contribution in [0.1, 0.15) is 21.5 Å². The molecule has 0 saturated heterocycles. The van der Waals surface area contributed by atoms with Crippen LogP contribution in [-0.4, -0.2) is 13.1 Å². The van der Waals surface area contributed by atoms with E-state index < -0.39 is 11.8 Å². The molecule has 0 N–H and O–H groups in total. The Balaban J connectivity index is 2.44. The molecule has 0 unspecified atom stereocenters. The van der Waals surface area contributed by atoms with Gasteiger partial charge in [-0.15, -0.1) is 0 Å². The van der Waals surface area contributed by atoms with Gasteiger partial charge in [-0.05, 0) is 48.2 Å². The summed E-state index contributed by atoms with van der Waals surface area (Å²) in [6.45, 7) is 4.04. The highest BCUT2D eigenvalue weighted by Gasteiger charge is 2.12. The second-order valence-electron chi connectivity index (χ2n) is 4.49. The number of ether oxygens (including phenoxy) is 1. The van der Waals surface area contributed by atoms with Gasteiger partial charge in [0.25, 0.3) is 0 Å². The summed E-state index contributed by atoms with van der Waals surface area (Å²) in [7, 11) is 1.24. The zero-order valence-corrected chi connectivity index (χ0v) is 11.2. The Morgan fingerprint density at radius 3 is 2.21 bits per heavy atom. The maximum atomic E-state index is 13.9. The first kappa shape index (κ1) is 13.3. The number of carbonyl (C=O) groups excluding carboxylic acids is 1. The molecule has 0 aliphatic heterocycles. The zero-order chi connectivity index (χ0) is 14.0. The number of methoxy groups -OCH3 is 1. The lowest BCUT2D eigenvalue weighted by atomic mass is 9.99. The van der Waals surface area contributed by atoms with E-state index >= 15 is 0 Å². The molecule has 0 radical (unpaired) electrons. The van der Waals surface area contributed by atoms with Crippen molar-refractivity contribution < 1.29 is 13.9 Å². The van der Waals surface area contributed by atoms with Crippen molar-refractivity contribution in [1.82, 2.24) is 0 Å². The van der Waals surface area contributed by atoms with E-state index in [2.05, 4.69) is 4.74 Å². The lowest BCUT2D eigenvalue weighted by Crippen LogP contribution is -2.04. The van der Waals surface area contributed by atoms with E-state index in [1.807, 2.05) is 32.0 Å². The molecule has 2 aromatic rings. The number of halogens is 1. The van der Waals surface area contributed by atoms with Gasteiger partial charge in [-0.25, -0.2) is 9.18 Å². The zero-order valence-electron chi connectivity index (χ0n) is 11.2. The Morgan fingerprint density at radius 2 is 1.63 bits per heavy atom. The minimum absolute atomic E-state index is 0.0462. The van der Waals surface area contributed by atoms with Crippen LogP contribution in [0, 0.1) is 19.7 Å². The molecule has 2 nitrogen and oxygen atoms in total. The summed E-state index contributed by atoms with van der Waals surface area (Å²) in [6, 6.07) is 10.5. The number of benzene rings is 2. The molecule has 0 bridgehead atoms. The Bertz CT molecular complexity index is 633. The van der Waals surface area contributed by atoms with Crippen molar-refractivity contribution >= 4 is 5.97 Å².